The van der Waals surface area contributed by atoms with Gasteiger partial charge in [-0.2, -0.15) is 0 Å². The molecule has 3 N–H and O–H groups in total. The number of fused-ring (bicyclic) bond motifs is 7. The molecule has 28 heavy (non-hydrogen) atoms. The Balaban J connectivity index is 0.000000604. The van der Waals surface area contributed by atoms with Crippen LogP contribution in [0.15, 0.2) is 77.2 Å². The van der Waals surface area contributed by atoms with Gasteiger partial charge < -0.3 is 15.3 Å². The van der Waals surface area contributed by atoms with Crippen LogP contribution in [0.5, 0.6) is 0 Å². The Hall–Kier alpha value is -3.44. The van der Waals surface area contributed by atoms with Gasteiger partial charge in [-0.15, -0.1) is 6.58 Å². The lowest BCUT2D eigenvalue weighted by molar-refractivity contribution is 1.12. The van der Waals surface area contributed by atoms with E-state index in [1.165, 1.54) is 0 Å². The van der Waals surface area contributed by atoms with Crippen LogP contribution in [0.1, 0.15) is 18.3 Å². The van der Waals surface area contributed by atoms with Crippen LogP contribution < -0.4 is 16.0 Å². The number of aromatic nitrogens is 2. The van der Waals surface area contributed by atoms with Crippen LogP contribution in [0.4, 0.5) is 0 Å². The average molecular weight is 385 g/mol. The number of nitrogens with zero attached hydrogens (tertiary/aromatic N) is 1. The van der Waals surface area contributed by atoms with Crippen molar-refractivity contribution in [3.8, 4) is 0 Å². The van der Waals surface area contributed by atoms with Crippen molar-refractivity contribution in [1.82, 2.24) is 15.3 Å². The molecule has 0 fully saturated rings. The van der Waals surface area contributed by atoms with Gasteiger partial charge in [0.2, 0.25) is 0 Å². The maximum atomic E-state index is 5.48. The minimum Gasteiger partial charge on any atom is -0.355 e. The first-order valence-corrected chi connectivity index (χ1v) is 9.41. The summed E-state index contributed by atoms with van der Waals surface area (Å²) >= 11 is 5.48. The third-order valence-corrected chi connectivity index (χ3v) is 4.53. The number of nitrogens with one attached hydrogen (secondary N) is 3. The molecule has 5 rings (SSSR count). The summed E-state index contributed by atoms with van der Waals surface area (Å²) in [5.41, 5.74) is 5.77. The smallest absolute Gasteiger partial charge is 0.0658 e. The second-order valence-corrected chi connectivity index (χ2v) is 6.96. The molecule has 138 valence electrons. The van der Waals surface area contributed by atoms with Gasteiger partial charge in [-0.3, -0.25) is 0 Å². The van der Waals surface area contributed by atoms with E-state index in [0.717, 1.165) is 49.8 Å². The largest absolute Gasteiger partial charge is 0.355 e. The fraction of sp³-hybridized carbons (Fsp3) is 0.0435. The third-order valence-electron chi connectivity index (χ3n) is 4.19. The van der Waals surface area contributed by atoms with Gasteiger partial charge in [0.25, 0.3) is 0 Å². The van der Waals surface area contributed by atoms with Gasteiger partial charge in [0.1, 0.15) is 0 Å². The minimum absolute atomic E-state index is 0.802. The van der Waals surface area contributed by atoms with Crippen molar-refractivity contribution in [2.24, 2.45) is 4.99 Å². The molecule has 3 aliphatic heterocycles. The maximum absolute atomic E-state index is 5.48. The van der Waals surface area contributed by atoms with E-state index in [0.29, 0.717) is 0 Å². The highest BCUT2D eigenvalue weighted by atomic mass is 32.1. The standard InChI is InChI=1S/C20H14N4S.C3H6/c25-20-11-18-9-16-4-3-14(22-16)7-12-1-2-13(21-12)8-15-5-6-17(23-15)10-19(20)24-18;1-3-2/h1-11,22-24H;3H,1H2,2H3. The molecule has 5 heterocycles. The predicted octanol–water partition coefficient (Wildman–Crippen LogP) is 3.36. The second-order valence-electron chi connectivity index (χ2n) is 6.52. The molecule has 0 aromatic carbocycles. The average Bonchev–Trinajstić information content (AvgIpc) is 3.42. The number of rotatable bonds is 0. The molecule has 0 amide bonds. The maximum Gasteiger partial charge on any atom is 0.0658 e. The van der Waals surface area contributed by atoms with Crippen molar-refractivity contribution >= 4 is 47.1 Å². The zero-order chi connectivity index (χ0) is 19.5. The first-order chi connectivity index (χ1) is 13.6. The summed E-state index contributed by atoms with van der Waals surface area (Å²) in [6.45, 7) is 5.25. The molecule has 0 unspecified atom stereocenters. The van der Waals surface area contributed by atoms with Gasteiger partial charge in [-0.1, -0.05) is 18.3 Å². The molecule has 8 bridgehead atoms. The Labute approximate surface area is 168 Å². The number of thiocarbonyl (C=S) groups is 1. The summed E-state index contributed by atoms with van der Waals surface area (Å²) in [4.78, 5) is 12.2. The van der Waals surface area contributed by atoms with Crippen LogP contribution in [0.2, 0.25) is 0 Å². The normalized spacial score (nSPS) is 16.4. The van der Waals surface area contributed by atoms with Gasteiger partial charge in [-0.05, 0) is 73.7 Å². The zero-order valence-corrected chi connectivity index (χ0v) is 16.3. The lowest BCUT2D eigenvalue weighted by Crippen LogP contribution is -2.13. The van der Waals surface area contributed by atoms with Gasteiger partial charge in [0, 0.05) is 27.8 Å². The number of aromatic amines is 2. The Morgan fingerprint density at radius 2 is 1.61 bits per heavy atom. The summed E-state index contributed by atoms with van der Waals surface area (Å²) in [5, 5.41) is 5.41. The first-order valence-electron chi connectivity index (χ1n) is 9.01. The van der Waals surface area contributed by atoms with Crippen molar-refractivity contribution in [3.63, 3.8) is 0 Å². The second kappa shape index (κ2) is 7.66. The topological polar surface area (TPSA) is 56.0 Å². The molecule has 0 radical (unpaired) electrons. The van der Waals surface area contributed by atoms with E-state index in [1.54, 1.807) is 6.08 Å². The summed E-state index contributed by atoms with van der Waals surface area (Å²) < 4.78 is 0. The highest BCUT2D eigenvalue weighted by molar-refractivity contribution is 7.81. The van der Waals surface area contributed by atoms with Crippen LogP contribution in [-0.2, 0) is 0 Å². The number of aliphatic imine (C=N–C) groups is 1. The molecule has 2 aromatic rings. The molecule has 0 saturated heterocycles. The highest BCUT2D eigenvalue weighted by Gasteiger charge is 2.13. The van der Waals surface area contributed by atoms with Crippen LogP contribution in [0.3, 0.4) is 0 Å². The summed E-state index contributed by atoms with van der Waals surface area (Å²) in [6.07, 6.45) is 15.9. The van der Waals surface area contributed by atoms with E-state index in [2.05, 4.69) is 26.9 Å². The molecule has 2 aromatic heterocycles. The Morgan fingerprint density at radius 3 is 2.39 bits per heavy atom. The molecule has 0 atom stereocenters. The number of hydrogen-bond donors (Lipinski definition) is 3. The van der Waals surface area contributed by atoms with E-state index in [-0.39, 0.29) is 0 Å². The van der Waals surface area contributed by atoms with Crippen LogP contribution >= 0.6 is 12.2 Å². The van der Waals surface area contributed by atoms with Gasteiger partial charge in [-0.25, -0.2) is 4.99 Å². The molecule has 4 nitrogen and oxygen atoms in total. The van der Waals surface area contributed by atoms with E-state index < -0.39 is 0 Å². The highest BCUT2D eigenvalue weighted by Crippen LogP contribution is 2.18. The Bertz CT molecular complexity index is 1230. The third kappa shape index (κ3) is 3.94. The summed E-state index contributed by atoms with van der Waals surface area (Å²) in [5.74, 6) is 0. The molecule has 0 aliphatic carbocycles. The Kier molecular flexibility index (Phi) is 4.91. The fourth-order valence-corrected chi connectivity index (χ4v) is 3.29. The number of H-pyrrole nitrogens is 2. The molecule has 3 aliphatic rings. The molecule has 0 spiro atoms. The summed E-state index contributed by atoms with van der Waals surface area (Å²) in [6, 6.07) is 8.17. The van der Waals surface area contributed by atoms with Gasteiger partial charge in [0.05, 0.1) is 22.0 Å². The SMILES string of the molecule is C=CC.S=C1C=C2C=c3ccc([nH]3)=CC3=NC(=Cc4ccc([nH]4)C=C1N2)C=C3. The lowest BCUT2D eigenvalue weighted by Gasteiger charge is -2.01. The van der Waals surface area contributed by atoms with Crippen LogP contribution in [0.25, 0.3) is 24.3 Å². The minimum atomic E-state index is 0.802. The molecule has 5 heteroatoms. The van der Waals surface area contributed by atoms with Crippen LogP contribution in [0, 0.1) is 0 Å². The lowest BCUT2D eigenvalue weighted by atomic mass is 10.3. The number of allylic oxidation sites excluding steroid dienone is 5. The van der Waals surface area contributed by atoms with Crippen LogP contribution in [-0.4, -0.2) is 20.5 Å². The zero-order valence-electron chi connectivity index (χ0n) is 15.5. The van der Waals surface area contributed by atoms with Crippen molar-refractivity contribution in [2.45, 2.75) is 6.92 Å². The van der Waals surface area contributed by atoms with E-state index in [9.17, 15) is 0 Å². The van der Waals surface area contributed by atoms with E-state index in [4.69, 9.17) is 12.2 Å². The fourth-order valence-electron chi connectivity index (χ4n) is 3.05. The first kappa shape index (κ1) is 17.9. The Morgan fingerprint density at radius 1 is 0.893 bits per heavy atom. The molecule has 0 saturated carbocycles. The molecular formula is C23H20N4S. The predicted molar refractivity (Wildman–Crippen MR) is 122 cm³/mol. The quantitative estimate of drug-likeness (QED) is 0.482. The van der Waals surface area contributed by atoms with Crippen molar-refractivity contribution in [3.05, 3.63) is 94.3 Å². The van der Waals surface area contributed by atoms with E-state index >= 15 is 0 Å². The van der Waals surface area contributed by atoms with Crippen molar-refractivity contribution in [1.29, 1.82) is 0 Å². The monoisotopic (exact) mass is 384 g/mol. The van der Waals surface area contributed by atoms with E-state index in [1.807, 2.05) is 73.7 Å². The summed E-state index contributed by atoms with van der Waals surface area (Å²) in [7, 11) is 0. The van der Waals surface area contributed by atoms with Crippen molar-refractivity contribution < 1.29 is 0 Å². The van der Waals surface area contributed by atoms with Crippen molar-refractivity contribution in [2.75, 3.05) is 0 Å². The van der Waals surface area contributed by atoms with Gasteiger partial charge in [0.15, 0.2) is 0 Å². The molecular weight excluding hydrogens is 364 g/mol. The van der Waals surface area contributed by atoms with Gasteiger partial charge >= 0.3 is 0 Å². The number of hydrogen-bond acceptors (Lipinski definition) is 3.